The van der Waals surface area contributed by atoms with Crippen molar-refractivity contribution in [2.45, 2.75) is 19.9 Å². The van der Waals surface area contributed by atoms with E-state index in [0.717, 1.165) is 0 Å². The van der Waals surface area contributed by atoms with Gasteiger partial charge in [0.15, 0.2) is 0 Å². The molecule has 106 valence electrons. The first-order valence-corrected chi connectivity index (χ1v) is 5.74. The molecule has 2 N–H and O–H groups in total. The van der Waals surface area contributed by atoms with Crippen LogP contribution in [0, 0.1) is 5.41 Å². The number of amides is 1. The molecule has 5 nitrogen and oxygen atoms in total. The van der Waals surface area contributed by atoms with Gasteiger partial charge in [-0.1, -0.05) is 13.8 Å². The van der Waals surface area contributed by atoms with Gasteiger partial charge >= 0.3 is 6.09 Å². The number of methoxy groups -OCH3 is 1. The van der Waals surface area contributed by atoms with Crippen LogP contribution in [0.1, 0.15) is 25.5 Å². The Morgan fingerprint density at radius 3 is 2.74 bits per heavy atom. The molecular weight excluding hydrogens is 270 g/mol. The molecule has 2 rings (SSSR count). The van der Waals surface area contributed by atoms with Gasteiger partial charge in [0.1, 0.15) is 18.1 Å². The van der Waals surface area contributed by atoms with E-state index >= 15 is 0 Å². The van der Waals surface area contributed by atoms with Crippen molar-refractivity contribution < 1.29 is 19.4 Å². The number of hydrogen-bond donors (Lipinski definition) is 2. The molecule has 1 aliphatic heterocycles. The molecule has 0 spiro atoms. The third-order valence-electron chi connectivity index (χ3n) is 3.17. The van der Waals surface area contributed by atoms with E-state index in [-0.39, 0.29) is 29.6 Å². The number of aromatic hydroxyl groups is 1. The van der Waals surface area contributed by atoms with Gasteiger partial charge in [0.25, 0.3) is 0 Å². The average Bonchev–Trinajstić information content (AvgIpc) is 2.32. The largest absolute Gasteiger partial charge is 0.507 e. The fourth-order valence-electron chi connectivity index (χ4n) is 2.08. The van der Waals surface area contributed by atoms with Crippen molar-refractivity contribution in [2.75, 3.05) is 13.7 Å². The van der Waals surface area contributed by atoms with Crippen molar-refractivity contribution in [1.82, 2.24) is 5.32 Å². The first kappa shape index (κ1) is 15.4. The van der Waals surface area contributed by atoms with Crippen molar-refractivity contribution in [1.29, 1.82) is 0 Å². The lowest BCUT2D eigenvalue weighted by atomic mass is 9.80. The Bertz CT molecular complexity index is 476. The van der Waals surface area contributed by atoms with Crippen LogP contribution in [0.25, 0.3) is 0 Å². The van der Waals surface area contributed by atoms with Gasteiger partial charge in [0, 0.05) is 17.0 Å². The first-order chi connectivity index (χ1) is 8.44. The number of alkyl carbamates (subject to hydrolysis) is 1. The second kappa shape index (κ2) is 5.57. The van der Waals surface area contributed by atoms with E-state index in [1.165, 1.54) is 13.2 Å². The normalized spacial score (nSPS) is 20.8. The van der Waals surface area contributed by atoms with Crippen LogP contribution in [0.2, 0.25) is 0 Å². The summed E-state index contributed by atoms with van der Waals surface area (Å²) in [7, 11) is 1.54. The van der Waals surface area contributed by atoms with E-state index in [1.54, 1.807) is 12.1 Å². The lowest BCUT2D eigenvalue weighted by Gasteiger charge is -2.38. The molecule has 6 heteroatoms. The molecule has 1 aromatic rings. The van der Waals surface area contributed by atoms with Crippen LogP contribution < -0.4 is 10.1 Å². The van der Waals surface area contributed by atoms with Gasteiger partial charge < -0.3 is 19.9 Å². The molecule has 0 aromatic heterocycles. The summed E-state index contributed by atoms with van der Waals surface area (Å²) < 4.78 is 10.0. The molecule has 0 bridgehead atoms. The highest BCUT2D eigenvalue weighted by Gasteiger charge is 2.39. The fourth-order valence-corrected chi connectivity index (χ4v) is 2.08. The van der Waals surface area contributed by atoms with E-state index in [2.05, 4.69) is 5.32 Å². The van der Waals surface area contributed by atoms with E-state index in [9.17, 15) is 9.90 Å². The predicted octanol–water partition coefficient (Wildman–Crippen LogP) is 2.63. The summed E-state index contributed by atoms with van der Waals surface area (Å²) in [5.74, 6) is 0.682. The highest BCUT2D eigenvalue weighted by atomic mass is 35.5. The van der Waals surface area contributed by atoms with Crippen molar-refractivity contribution in [3.63, 3.8) is 0 Å². The molecule has 0 unspecified atom stereocenters. The van der Waals surface area contributed by atoms with Crippen molar-refractivity contribution in [2.24, 2.45) is 5.41 Å². The maximum absolute atomic E-state index is 11.3. The zero-order chi connectivity index (χ0) is 13.3. The number of phenols is 1. The lowest BCUT2D eigenvalue weighted by Crippen LogP contribution is -2.46. The smallest absolute Gasteiger partial charge is 0.407 e. The second-order valence-corrected chi connectivity index (χ2v) is 5.07. The summed E-state index contributed by atoms with van der Waals surface area (Å²) in [5.41, 5.74) is 0.373. The Morgan fingerprint density at radius 2 is 2.16 bits per heavy atom. The molecule has 1 aromatic carbocycles. The van der Waals surface area contributed by atoms with Crippen LogP contribution in [-0.2, 0) is 4.74 Å². The minimum Gasteiger partial charge on any atom is -0.507 e. The summed E-state index contributed by atoms with van der Waals surface area (Å²) in [6, 6.07) is 4.76. The fraction of sp³-hybridized carbons (Fsp3) is 0.462. The maximum atomic E-state index is 11.3. The van der Waals surface area contributed by atoms with E-state index in [4.69, 9.17) is 9.47 Å². The minimum atomic E-state index is -0.463. The van der Waals surface area contributed by atoms with E-state index in [1.807, 2.05) is 13.8 Å². The zero-order valence-corrected chi connectivity index (χ0v) is 11.9. The monoisotopic (exact) mass is 287 g/mol. The molecular formula is C13H18ClNO4. The van der Waals surface area contributed by atoms with Crippen LogP contribution in [0.3, 0.4) is 0 Å². The predicted molar refractivity (Wildman–Crippen MR) is 72.9 cm³/mol. The average molecular weight is 288 g/mol. The summed E-state index contributed by atoms with van der Waals surface area (Å²) in [5, 5.41) is 12.8. The molecule has 1 fully saturated rings. The Labute approximate surface area is 118 Å². The molecule has 0 radical (unpaired) electrons. The maximum Gasteiger partial charge on any atom is 0.407 e. The second-order valence-electron chi connectivity index (χ2n) is 5.07. The van der Waals surface area contributed by atoms with Gasteiger partial charge in [-0.3, -0.25) is 0 Å². The number of halogens is 1. The third-order valence-corrected chi connectivity index (χ3v) is 3.17. The van der Waals surface area contributed by atoms with E-state index < -0.39 is 6.09 Å². The number of carbonyl (C=O) groups is 1. The number of cyclic esters (lactones) is 1. The van der Waals surface area contributed by atoms with Gasteiger partial charge in [0.2, 0.25) is 0 Å². The quantitative estimate of drug-likeness (QED) is 0.877. The SMILES string of the molecule is COc1ccc([C@@H]2NC(=O)OCC2(C)C)c(O)c1.Cl. The summed E-state index contributed by atoms with van der Waals surface area (Å²) >= 11 is 0. The number of rotatable bonds is 2. The highest BCUT2D eigenvalue weighted by Crippen LogP contribution is 2.40. The minimum absolute atomic E-state index is 0. The van der Waals surface area contributed by atoms with Crippen LogP contribution >= 0.6 is 12.4 Å². The molecule has 1 saturated heterocycles. The van der Waals surface area contributed by atoms with Crippen LogP contribution in [0.5, 0.6) is 11.5 Å². The Hall–Kier alpha value is -1.62. The highest BCUT2D eigenvalue weighted by molar-refractivity contribution is 5.85. The van der Waals surface area contributed by atoms with Crippen molar-refractivity contribution >= 4 is 18.5 Å². The topological polar surface area (TPSA) is 67.8 Å². The Morgan fingerprint density at radius 1 is 1.47 bits per heavy atom. The molecule has 1 amide bonds. The van der Waals surface area contributed by atoms with Crippen LogP contribution in [0.4, 0.5) is 4.79 Å². The zero-order valence-electron chi connectivity index (χ0n) is 11.1. The number of hydrogen-bond acceptors (Lipinski definition) is 4. The van der Waals surface area contributed by atoms with Crippen LogP contribution in [-0.4, -0.2) is 24.9 Å². The molecule has 1 aliphatic rings. The third kappa shape index (κ3) is 3.04. The van der Waals surface area contributed by atoms with Gasteiger partial charge in [-0.25, -0.2) is 4.79 Å². The molecule has 0 aliphatic carbocycles. The number of carbonyl (C=O) groups excluding carboxylic acids is 1. The van der Waals surface area contributed by atoms with Gasteiger partial charge in [-0.05, 0) is 12.1 Å². The number of ether oxygens (including phenoxy) is 2. The van der Waals surface area contributed by atoms with E-state index in [0.29, 0.717) is 17.9 Å². The summed E-state index contributed by atoms with van der Waals surface area (Å²) in [4.78, 5) is 11.3. The Balaban J connectivity index is 0.00000180. The van der Waals surface area contributed by atoms with Crippen molar-refractivity contribution in [3.05, 3.63) is 23.8 Å². The number of phenolic OH excluding ortho intramolecular Hbond substituents is 1. The van der Waals surface area contributed by atoms with Gasteiger partial charge in [-0.15, -0.1) is 12.4 Å². The molecule has 19 heavy (non-hydrogen) atoms. The molecule has 1 heterocycles. The summed E-state index contributed by atoms with van der Waals surface area (Å²) in [6.07, 6.45) is -0.463. The van der Waals surface area contributed by atoms with Crippen LogP contribution in [0.15, 0.2) is 18.2 Å². The summed E-state index contributed by atoms with van der Waals surface area (Å²) in [6.45, 7) is 4.26. The number of nitrogens with one attached hydrogen (secondary N) is 1. The first-order valence-electron chi connectivity index (χ1n) is 5.74. The van der Waals surface area contributed by atoms with Gasteiger partial charge in [0.05, 0.1) is 13.2 Å². The molecule has 0 saturated carbocycles. The standard InChI is InChI=1S/C13H17NO4.ClH/c1-13(2)7-18-12(16)14-11(13)9-5-4-8(17-3)6-10(9)15;/h4-6,11,15H,7H2,1-3H3,(H,14,16);1H/t11-;/m0./s1. The number of benzene rings is 1. The van der Waals surface area contributed by atoms with Crippen molar-refractivity contribution in [3.8, 4) is 11.5 Å². The Kier molecular flexibility index (Phi) is 4.52. The molecule has 1 atom stereocenters. The lowest BCUT2D eigenvalue weighted by molar-refractivity contribution is 0.0381. The van der Waals surface area contributed by atoms with Gasteiger partial charge in [-0.2, -0.15) is 0 Å².